The molecule has 5 rings (SSSR count). The molecule has 0 radical (unpaired) electrons. The van der Waals surface area contributed by atoms with Crippen LogP contribution >= 0.6 is 0 Å². The van der Waals surface area contributed by atoms with Crippen LogP contribution in [0, 0.1) is 35.5 Å². The summed E-state index contributed by atoms with van der Waals surface area (Å²) in [7, 11) is 0. The van der Waals surface area contributed by atoms with Crippen molar-refractivity contribution in [2.45, 2.75) is 68.8 Å². The van der Waals surface area contributed by atoms with E-state index in [2.05, 4.69) is 0 Å². The molecule has 0 amide bonds. The summed E-state index contributed by atoms with van der Waals surface area (Å²) in [5, 5.41) is -0.0313. The van der Waals surface area contributed by atoms with E-state index >= 15 is 0 Å². The van der Waals surface area contributed by atoms with Crippen LogP contribution in [0.2, 0.25) is 0 Å². The summed E-state index contributed by atoms with van der Waals surface area (Å²) < 4.78 is 28.8. The van der Waals surface area contributed by atoms with Gasteiger partial charge in [-0.05, 0) is 86.9 Å². The Bertz CT molecular complexity index is 467. The largest absolute Gasteiger partial charge is 0.772 e. The van der Waals surface area contributed by atoms with Crippen molar-refractivity contribution in [1.29, 1.82) is 0 Å². The van der Waals surface area contributed by atoms with E-state index in [-0.39, 0.29) is 5.25 Å². The van der Waals surface area contributed by atoms with Gasteiger partial charge in [0.25, 0.3) is 0 Å². The first-order valence-electron chi connectivity index (χ1n) is 8.96. The Morgan fingerprint density at radius 3 is 2.24 bits per heavy atom. The van der Waals surface area contributed by atoms with Gasteiger partial charge in [-0.15, -0.1) is 0 Å². The fourth-order valence-corrected chi connectivity index (χ4v) is 7.85. The van der Waals surface area contributed by atoms with Crippen LogP contribution in [0.4, 0.5) is 0 Å². The zero-order chi connectivity index (χ0) is 14.1. The van der Waals surface area contributed by atoms with Crippen molar-refractivity contribution in [3.05, 3.63) is 0 Å². The lowest BCUT2D eigenvalue weighted by atomic mass is 9.54. The summed E-state index contributed by atoms with van der Waals surface area (Å²) in [4.78, 5) is 0. The van der Waals surface area contributed by atoms with E-state index in [1.807, 2.05) is 0 Å². The average Bonchev–Trinajstić information content (AvgIpc) is 3.09. The molecule has 118 valence electrons. The minimum Gasteiger partial charge on any atom is -0.772 e. The van der Waals surface area contributed by atoms with Gasteiger partial charge in [0.15, 0.2) is 0 Å². The maximum Gasteiger partial charge on any atom is 0.0844 e. The van der Waals surface area contributed by atoms with Crippen LogP contribution < -0.4 is 0 Å². The van der Waals surface area contributed by atoms with E-state index in [1.165, 1.54) is 44.9 Å². The number of epoxide rings is 1. The van der Waals surface area contributed by atoms with Crippen LogP contribution in [-0.2, 0) is 15.8 Å². The summed E-state index contributed by atoms with van der Waals surface area (Å²) >= 11 is -1.85. The van der Waals surface area contributed by atoms with Gasteiger partial charge in [-0.1, -0.05) is 11.1 Å². The van der Waals surface area contributed by atoms with Crippen LogP contribution in [0.5, 0.6) is 0 Å². The molecule has 1 saturated heterocycles. The Morgan fingerprint density at radius 1 is 0.762 bits per heavy atom. The molecule has 0 aromatic carbocycles. The summed E-state index contributed by atoms with van der Waals surface area (Å²) in [5.74, 6) is 4.71. The quantitative estimate of drug-likeness (QED) is 0.553. The summed E-state index contributed by atoms with van der Waals surface area (Å²) in [5.41, 5.74) is 0. The first-order chi connectivity index (χ1) is 10.2. The zero-order valence-corrected chi connectivity index (χ0v) is 13.3. The second-order valence-electron chi connectivity index (χ2n) is 8.29. The summed E-state index contributed by atoms with van der Waals surface area (Å²) in [6, 6.07) is 0. The van der Waals surface area contributed by atoms with E-state index in [0.717, 1.165) is 30.1 Å². The molecule has 1 heterocycles. The molecule has 4 saturated carbocycles. The highest BCUT2D eigenvalue weighted by atomic mass is 32.2. The second-order valence-corrected chi connectivity index (χ2v) is 9.42. The molecule has 4 aliphatic carbocycles. The molecular weight excluding hydrogens is 284 g/mol. The SMILES string of the molecule is O=S([O-])C1CCC2C3CCC4CC5OC5CC4C3CCC21. The second kappa shape index (κ2) is 4.78. The Morgan fingerprint density at radius 2 is 1.38 bits per heavy atom. The third kappa shape index (κ3) is 2.01. The lowest BCUT2D eigenvalue weighted by Gasteiger charge is -2.51. The van der Waals surface area contributed by atoms with Crippen LogP contribution in [-0.4, -0.2) is 26.2 Å². The van der Waals surface area contributed by atoms with Gasteiger partial charge < -0.3 is 9.29 Å². The topological polar surface area (TPSA) is 52.7 Å². The van der Waals surface area contributed by atoms with Gasteiger partial charge in [0.2, 0.25) is 0 Å². The highest BCUT2D eigenvalue weighted by molar-refractivity contribution is 7.79. The number of fused-ring (bicyclic) bond motifs is 6. The molecule has 0 aromatic heterocycles. The summed E-state index contributed by atoms with van der Waals surface area (Å²) in [6.45, 7) is 0. The van der Waals surface area contributed by atoms with E-state index in [0.29, 0.717) is 24.0 Å². The molecule has 5 aliphatic rings. The van der Waals surface area contributed by atoms with Crippen molar-refractivity contribution in [2.75, 3.05) is 0 Å². The third-order valence-electron chi connectivity index (χ3n) is 7.75. The number of hydrogen-bond acceptors (Lipinski definition) is 3. The monoisotopic (exact) mass is 309 g/mol. The molecule has 0 spiro atoms. The lowest BCUT2D eigenvalue weighted by molar-refractivity contribution is -0.0128. The smallest absolute Gasteiger partial charge is 0.0844 e. The Hall–Kier alpha value is 0.0700. The van der Waals surface area contributed by atoms with Gasteiger partial charge in [0.05, 0.1) is 12.2 Å². The van der Waals surface area contributed by atoms with E-state index in [1.54, 1.807) is 0 Å². The van der Waals surface area contributed by atoms with Crippen LogP contribution in [0.3, 0.4) is 0 Å². The van der Waals surface area contributed by atoms with Gasteiger partial charge in [0.1, 0.15) is 0 Å². The lowest BCUT2D eigenvalue weighted by Crippen LogP contribution is -2.46. The van der Waals surface area contributed by atoms with Gasteiger partial charge in [-0.2, -0.15) is 0 Å². The highest BCUT2D eigenvalue weighted by Crippen LogP contribution is 2.60. The van der Waals surface area contributed by atoms with Crippen LogP contribution in [0.1, 0.15) is 51.4 Å². The van der Waals surface area contributed by atoms with Gasteiger partial charge in [-0.25, -0.2) is 0 Å². The van der Waals surface area contributed by atoms with E-state index in [9.17, 15) is 8.76 Å². The normalized spacial score (nSPS) is 59.4. The average molecular weight is 309 g/mol. The fourth-order valence-electron chi connectivity index (χ4n) is 6.90. The number of ether oxygens (including phenoxy) is 1. The van der Waals surface area contributed by atoms with Crippen molar-refractivity contribution < 1.29 is 13.5 Å². The zero-order valence-electron chi connectivity index (χ0n) is 12.5. The molecule has 21 heavy (non-hydrogen) atoms. The molecule has 0 aromatic rings. The number of rotatable bonds is 1. The maximum absolute atomic E-state index is 11.5. The predicted octanol–water partition coefficient (Wildman–Crippen LogP) is 2.87. The van der Waals surface area contributed by atoms with Gasteiger partial charge in [-0.3, -0.25) is 4.21 Å². The Balaban J connectivity index is 1.37. The number of hydrogen-bond donors (Lipinski definition) is 0. The van der Waals surface area contributed by atoms with Crippen molar-refractivity contribution in [1.82, 2.24) is 0 Å². The first-order valence-corrected chi connectivity index (χ1v) is 10.1. The molecular formula is C17H25O3S-. The molecule has 3 nitrogen and oxygen atoms in total. The standard InChI is InChI=1S/C17H26O3S/c18-21(19)17-6-5-11-10-2-1-9-7-15-16(20-15)8-14(9)12(10)3-4-13(11)17/h9-17H,1-8H2,(H,18,19)/p-1. The van der Waals surface area contributed by atoms with Crippen molar-refractivity contribution in [2.24, 2.45) is 35.5 Å². The molecule has 10 atom stereocenters. The summed E-state index contributed by atoms with van der Waals surface area (Å²) in [6.07, 6.45) is 11.1. The molecule has 5 fully saturated rings. The minimum absolute atomic E-state index is 0.0313. The van der Waals surface area contributed by atoms with Gasteiger partial charge >= 0.3 is 0 Å². The van der Waals surface area contributed by atoms with Crippen LogP contribution in [0.25, 0.3) is 0 Å². The Labute approximate surface area is 129 Å². The molecule has 4 heteroatoms. The maximum atomic E-state index is 11.5. The minimum atomic E-state index is -1.85. The van der Waals surface area contributed by atoms with Crippen molar-refractivity contribution in [3.63, 3.8) is 0 Å². The predicted molar refractivity (Wildman–Crippen MR) is 79.2 cm³/mol. The van der Waals surface area contributed by atoms with E-state index in [4.69, 9.17) is 4.74 Å². The molecule has 10 unspecified atom stereocenters. The van der Waals surface area contributed by atoms with Crippen LogP contribution in [0.15, 0.2) is 0 Å². The van der Waals surface area contributed by atoms with Gasteiger partial charge in [0, 0.05) is 5.25 Å². The fraction of sp³-hybridized carbons (Fsp3) is 1.00. The highest BCUT2D eigenvalue weighted by Gasteiger charge is 2.56. The first kappa shape index (κ1) is 13.5. The van der Waals surface area contributed by atoms with Crippen molar-refractivity contribution in [3.8, 4) is 0 Å². The van der Waals surface area contributed by atoms with E-state index < -0.39 is 11.1 Å². The van der Waals surface area contributed by atoms with Crippen molar-refractivity contribution >= 4 is 11.1 Å². The molecule has 1 aliphatic heterocycles. The Kier molecular flexibility index (Phi) is 3.07. The molecule has 0 N–H and O–H groups in total. The third-order valence-corrected chi connectivity index (χ3v) is 8.83. The molecule has 0 bridgehead atoms.